The smallest absolute Gasteiger partial charge is 0.251 e. The molecule has 0 spiro atoms. The molecule has 1 N–H and O–H groups in total. The molecule has 0 aliphatic rings. The van der Waals surface area contributed by atoms with Gasteiger partial charge in [0.15, 0.2) is 0 Å². The lowest BCUT2D eigenvalue weighted by molar-refractivity contribution is 0.0942. The zero-order valence-electron chi connectivity index (χ0n) is 10.8. The molecular formula is C14H21NO2. The molecule has 1 aromatic rings. The Morgan fingerprint density at radius 1 is 1.41 bits per heavy atom. The van der Waals surface area contributed by atoms with E-state index >= 15 is 0 Å². The predicted molar refractivity (Wildman–Crippen MR) is 69.4 cm³/mol. The highest BCUT2D eigenvalue weighted by Gasteiger charge is 2.07. The van der Waals surface area contributed by atoms with Gasteiger partial charge in [0.05, 0.1) is 6.61 Å². The zero-order chi connectivity index (χ0) is 12.7. The quantitative estimate of drug-likeness (QED) is 0.770. The van der Waals surface area contributed by atoms with E-state index < -0.39 is 0 Å². The van der Waals surface area contributed by atoms with Crippen LogP contribution in [0.1, 0.15) is 44.0 Å². The van der Waals surface area contributed by atoms with E-state index in [4.69, 9.17) is 4.74 Å². The Labute approximate surface area is 103 Å². The zero-order valence-corrected chi connectivity index (χ0v) is 10.8. The van der Waals surface area contributed by atoms with Crippen molar-refractivity contribution in [2.75, 3.05) is 6.61 Å². The summed E-state index contributed by atoms with van der Waals surface area (Å²) in [5, 5.41) is 2.86. The molecule has 0 saturated carbocycles. The molecule has 3 nitrogen and oxygen atoms in total. The molecule has 1 amide bonds. The minimum Gasteiger partial charge on any atom is -0.494 e. The first-order valence-corrected chi connectivity index (χ1v) is 6.17. The van der Waals surface area contributed by atoms with Crippen LogP contribution in [0, 0.1) is 0 Å². The van der Waals surface area contributed by atoms with Crippen LogP contribution in [-0.4, -0.2) is 18.6 Å². The average Bonchev–Trinajstić information content (AvgIpc) is 2.29. The molecule has 0 radical (unpaired) electrons. The third kappa shape index (κ3) is 4.89. The van der Waals surface area contributed by atoms with E-state index in [1.165, 1.54) is 0 Å². The molecule has 0 unspecified atom stereocenters. The van der Waals surface area contributed by atoms with Crippen LogP contribution < -0.4 is 10.1 Å². The fourth-order valence-electron chi connectivity index (χ4n) is 1.41. The van der Waals surface area contributed by atoms with Gasteiger partial charge in [-0.2, -0.15) is 0 Å². The number of amides is 1. The Bertz CT molecular complexity index is 361. The summed E-state index contributed by atoms with van der Waals surface area (Å²) in [6.45, 7) is 6.71. The van der Waals surface area contributed by atoms with E-state index in [1.807, 2.05) is 26.0 Å². The van der Waals surface area contributed by atoms with E-state index in [0.717, 1.165) is 18.6 Å². The molecule has 0 atom stereocenters. The highest BCUT2D eigenvalue weighted by atomic mass is 16.5. The maximum Gasteiger partial charge on any atom is 0.251 e. The SMILES string of the molecule is CCCCOc1cccc(C(=O)NC(C)C)c1. The molecule has 94 valence electrons. The minimum atomic E-state index is -0.0547. The van der Waals surface area contributed by atoms with Crippen LogP contribution in [0.4, 0.5) is 0 Å². The van der Waals surface area contributed by atoms with Gasteiger partial charge in [-0.25, -0.2) is 0 Å². The fourth-order valence-corrected chi connectivity index (χ4v) is 1.41. The maximum absolute atomic E-state index is 11.8. The summed E-state index contributed by atoms with van der Waals surface area (Å²) >= 11 is 0. The van der Waals surface area contributed by atoms with Crippen molar-refractivity contribution in [2.24, 2.45) is 0 Å². The molecule has 0 fully saturated rings. The second-order valence-electron chi connectivity index (χ2n) is 4.36. The van der Waals surface area contributed by atoms with Crippen molar-refractivity contribution in [3.05, 3.63) is 29.8 Å². The van der Waals surface area contributed by atoms with Gasteiger partial charge < -0.3 is 10.1 Å². The molecule has 0 heterocycles. The Balaban J connectivity index is 2.61. The highest BCUT2D eigenvalue weighted by Crippen LogP contribution is 2.13. The van der Waals surface area contributed by atoms with Crippen LogP contribution >= 0.6 is 0 Å². The topological polar surface area (TPSA) is 38.3 Å². The van der Waals surface area contributed by atoms with Crippen LogP contribution in [0.15, 0.2) is 24.3 Å². The molecule has 1 rings (SSSR count). The molecule has 0 aliphatic carbocycles. The van der Waals surface area contributed by atoms with Gasteiger partial charge in [-0.15, -0.1) is 0 Å². The Morgan fingerprint density at radius 2 is 2.18 bits per heavy atom. The lowest BCUT2D eigenvalue weighted by Gasteiger charge is -2.10. The van der Waals surface area contributed by atoms with E-state index in [2.05, 4.69) is 12.2 Å². The van der Waals surface area contributed by atoms with Crippen molar-refractivity contribution in [3.63, 3.8) is 0 Å². The first-order valence-electron chi connectivity index (χ1n) is 6.17. The fraction of sp³-hybridized carbons (Fsp3) is 0.500. The van der Waals surface area contributed by atoms with Crippen LogP contribution in [0.3, 0.4) is 0 Å². The van der Waals surface area contributed by atoms with Crippen molar-refractivity contribution in [1.82, 2.24) is 5.32 Å². The number of ether oxygens (including phenoxy) is 1. The van der Waals surface area contributed by atoms with E-state index in [0.29, 0.717) is 12.2 Å². The molecule has 0 aliphatic heterocycles. The van der Waals surface area contributed by atoms with Gasteiger partial charge >= 0.3 is 0 Å². The summed E-state index contributed by atoms with van der Waals surface area (Å²) in [7, 11) is 0. The van der Waals surface area contributed by atoms with Gasteiger partial charge in [-0.05, 0) is 38.5 Å². The van der Waals surface area contributed by atoms with Gasteiger partial charge in [-0.1, -0.05) is 19.4 Å². The van der Waals surface area contributed by atoms with Gasteiger partial charge in [-0.3, -0.25) is 4.79 Å². The van der Waals surface area contributed by atoms with Crippen molar-refractivity contribution < 1.29 is 9.53 Å². The first-order chi connectivity index (χ1) is 8.13. The van der Waals surface area contributed by atoms with Gasteiger partial charge in [0.25, 0.3) is 5.91 Å². The average molecular weight is 235 g/mol. The number of unbranched alkanes of at least 4 members (excludes halogenated alkanes) is 1. The number of nitrogens with one attached hydrogen (secondary N) is 1. The molecule has 0 saturated heterocycles. The lowest BCUT2D eigenvalue weighted by atomic mass is 10.2. The molecule has 3 heteroatoms. The predicted octanol–water partition coefficient (Wildman–Crippen LogP) is 3.00. The standard InChI is InChI=1S/C14H21NO2/c1-4-5-9-17-13-8-6-7-12(10-13)14(16)15-11(2)3/h6-8,10-11H,4-5,9H2,1-3H3,(H,15,16). The largest absolute Gasteiger partial charge is 0.494 e. The van der Waals surface area contributed by atoms with Crippen LogP contribution in [-0.2, 0) is 0 Å². The third-order valence-electron chi connectivity index (χ3n) is 2.28. The summed E-state index contributed by atoms with van der Waals surface area (Å²) in [6, 6.07) is 7.45. The summed E-state index contributed by atoms with van der Waals surface area (Å²) in [6.07, 6.45) is 2.13. The maximum atomic E-state index is 11.8. The first kappa shape index (κ1) is 13.6. The van der Waals surface area contributed by atoms with Crippen LogP contribution in [0.25, 0.3) is 0 Å². The second-order valence-corrected chi connectivity index (χ2v) is 4.36. The Kier molecular flexibility index (Phi) is 5.53. The van der Waals surface area contributed by atoms with Crippen molar-refractivity contribution in [3.8, 4) is 5.75 Å². The normalized spacial score (nSPS) is 10.4. The Morgan fingerprint density at radius 3 is 2.82 bits per heavy atom. The molecule has 0 aromatic heterocycles. The monoisotopic (exact) mass is 235 g/mol. The minimum absolute atomic E-state index is 0.0547. The second kappa shape index (κ2) is 6.94. The number of carbonyl (C=O) groups is 1. The van der Waals surface area contributed by atoms with E-state index in [1.54, 1.807) is 12.1 Å². The lowest BCUT2D eigenvalue weighted by Crippen LogP contribution is -2.30. The number of hydrogen-bond acceptors (Lipinski definition) is 2. The molecule has 1 aromatic carbocycles. The summed E-state index contributed by atoms with van der Waals surface area (Å²) in [5.74, 6) is 0.704. The Hall–Kier alpha value is -1.51. The van der Waals surface area contributed by atoms with Gasteiger partial charge in [0, 0.05) is 11.6 Å². The molecule has 0 bridgehead atoms. The van der Waals surface area contributed by atoms with E-state index in [-0.39, 0.29) is 11.9 Å². The summed E-state index contributed by atoms with van der Waals surface area (Å²) in [4.78, 5) is 11.8. The number of carbonyl (C=O) groups excluding carboxylic acids is 1. The van der Waals surface area contributed by atoms with Crippen molar-refractivity contribution in [2.45, 2.75) is 39.7 Å². The number of benzene rings is 1. The summed E-state index contributed by atoms with van der Waals surface area (Å²) < 4.78 is 5.56. The van der Waals surface area contributed by atoms with Crippen LogP contribution in [0.5, 0.6) is 5.75 Å². The summed E-state index contributed by atoms with van der Waals surface area (Å²) in [5.41, 5.74) is 0.646. The van der Waals surface area contributed by atoms with Gasteiger partial charge in [0.2, 0.25) is 0 Å². The number of rotatable bonds is 6. The molecular weight excluding hydrogens is 214 g/mol. The van der Waals surface area contributed by atoms with Gasteiger partial charge in [0.1, 0.15) is 5.75 Å². The van der Waals surface area contributed by atoms with Crippen LogP contribution in [0.2, 0.25) is 0 Å². The molecule has 17 heavy (non-hydrogen) atoms. The third-order valence-corrected chi connectivity index (χ3v) is 2.28. The van der Waals surface area contributed by atoms with Crippen molar-refractivity contribution in [1.29, 1.82) is 0 Å². The van der Waals surface area contributed by atoms with E-state index in [9.17, 15) is 4.79 Å². The number of hydrogen-bond donors (Lipinski definition) is 1. The highest BCUT2D eigenvalue weighted by molar-refractivity contribution is 5.94. The van der Waals surface area contributed by atoms with Crippen molar-refractivity contribution >= 4 is 5.91 Å².